The van der Waals surface area contributed by atoms with E-state index in [2.05, 4.69) is 20.4 Å². The van der Waals surface area contributed by atoms with Gasteiger partial charge in [0.15, 0.2) is 5.13 Å². The summed E-state index contributed by atoms with van der Waals surface area (Å²) in [5, 5.41) is 7.58. The van der Waals surface area contributed by atoms with Gasteiger partial charge in [0.1, 0.15) is 0 Å². The molecule has 6 nitrogen and oxygen atoms in total. The highest BCUT2D eigenvalue weighted by atomic mass is 32.1. The number of hydrogen-bond acceptors (Lipinski definition) is 5. The average molecular weight is 257 g/mol. The van der Waals surface area contributed by atoms with Crippen molar-refractivity contribution in [2.45, 2.75) is 19.8 Å². The molecule has 0 atom stereocenters. The molecule has 1 heterocycles. The molecule has 2 amide bonds. The first-order chi connectivity index (χ1) is 8.22. The Hall–Kier alpha value is -1.63. The predicted octanol–water partition coefficient (Wildman–Crippen LogP) is 1.61. The van der Waals surface area contributed by atoms with Crippen LogP contribution < -0.4 is 10.6 Å². The van der Waals surface area contributed by atoms with Crippen LogP contribution >= 0.6 is 11.3 Å². The van der Waals surface area contributed by atoms with Crippen LogP contribution in [0.2, 0.25) is 0 Å². The lowest BCUT2D eigenvalue weighted by Gasteiger charge is -2.04. The molecule has 0 unspecified atom stereocenters. The highest BCUT2D eigenvalue weighted by Gasteiger charge is 2.04. The molecule has 0 saturated carbocycles. The largest absolute Gasteiger partial charge is 0.450 e. The van der Waals surface area contributed by atoms with Gasteiger partial charge in [-0.05, 0) is 13.3 Å². The summed E-state index contributed by atoms with van der Waals surface area (Å²) in [5.41, 5.74) is 0. The lowest BCUT2D eigenvalue weighted by molar-refractivity contribution is -0.116. The maximum atomic E-state index is 11.4. The summed E-state index contributed by atoms with van der Waals surface area (Å²) in [7, 11) is 0. The van der Waals surface area contributed by atoms with Crippen LogP contribution in [0, 0.1) is 0 Å². The quantitative estimate of drug-likeness (QED) is 0.759. The zero-order chi connectivity index (χ0) is 12.5. The smallest absolute Gasteiger partial charge is 0.407 e. The number of carbonyl (C=O) groups excluding carboxylic acids is 2. The van der Waals surface area contributed by atoms with Crippen LogP contribution in [0.25, 0.3) is 0 Å². The number of alkyl carbamates (subject to hydrolysis) is 1. The maximum Gasteiger partial charge on any atom is 0.407 e. The first-order valence-electron chi connectivity index (χ1n) is 5.32. The van der Waals surface area contributed by atoms with Crippen LogP contribution in [0.15, 0.2) is 11.6 Å². The Morgan fingerprint density at radius 1 is 1.53 bits per heavy atom. The molecule has 0 radical (unpaired) electrons. The Morgan fingerprint density at radius 2 is 2.35 bits per heavy atom. The number of aromatic nitrogens is 1. The Kier molecular flexibility index (Phi) is 6.02. The van der Waals surface area contributed by atoms with Crippen molar-refractivity contribution in [2.75, 3.05) is 18.5 Å². The van der Waals surface area contributed by atoms with Gasteiger partial charge >= 0.3 is 6.09 Å². The molecule has 0 fully saturated rings. The van der Waals surface area contributed by atoms with Gasteiger partial charge in [0.25, 0.3) is 0 Å². The fraction of sp³-hybridized carbons (Fsp3) is 0.500. The van der Waals surface area contributed by atoms with Crippen LogP contribution in [0.3, 0.4) is 0 Å². The van der Waals surface area contributed by atoms with Crippen molar-refractivity contribution in [3.05, 3.63) is 11.6 Å². The normalized spacial score (nSPS) is 9.71. The number of amides is 2. The Labute approximate surface area is 103 Å². The molecule has 2 N–H and O–H groups in total. The summed E-state index contributed by atoms with van der Waals surface area (Å²) in [5.74, 6) is -0.106. The molecular formula is C10H15N3O3S. The number of carbonyl (C=O) groups is 2. The SMILES string of the molecule is CCOC(=O)NCCCC(=O)Nc1nccs1. The Morgan fingerprint density at radius 3 is 3.00 bits per heavy atom. The zero-order valence-corrected chi connectivity index (χ0v) is 10.4. The molecular weight excluding hydrogens is 242 g/mol. The van der Waals surface area contributed by atoms with E-state index in [9.17, 15) is 9.59 Å². The number of hydrogen-bond donors (Lipinski definition) is 2. The van der Waals surface area contributed by atoms with E-state index in [0.717, 1.165) is 0 Å². The van der Waals surface area contributed by atoms with Gasteiger partial charge in [-0.3, -0.25) is 4.79 Å². The first-order valence-corrected chi connectivity index (χ1v) is 6.20. The van der Waals surface area contributed by atoms with Crippen molar-refractivity contribution >= 4 is 28.5 Å². The van der Waals surface area contributed by atoms with Gasteiger partial charge in [-0.1, -0.05) is 0 Å². The van der Waals surface area contributed by atoms with Gasteiger partial charge in [-0.25, -0.2) is 9.78 Å². The zero-order valence-electron chi connectivity index (χ0n) is 9.56. The molecule has 0 aliphatic rings. The van der Waals surface area contributed by atoms with Gasteiger partial charge in [-0.15, -0.1) is 11.3 Å². The van der Waals surface area contributed by atoms with Crippen LogP contribution in [0.1, 0.15) is 19.8 Å². The van der Waals surface area contributed by atoms with E-state index >= 15 is 0 Å². The summed E-state index contributed by atoms with van der Waals surface area (Å²) >= 11 is 1.37. The highest BCUT2D eigenvalue weighted by Crippen LogP contribution is 2.10. The molecule has 1 rings (SSSR count). The number of nitrogens with one attached hydrogen (secondary N) is 2. The predicted molar refractivity (Wildman–Crippen MR) is 65.0 cm³/mol. The van der Waals surface area contributed by atoms with Crippen molar-refractivity contribution in [2.24, 2.45) is 0 Å². The van der Waals surface area contributed by atoms with E-state index in [-0.39, 0.29) is 5.91 Å². The van der Waals surface area contributed by atoms with Gasteiger partial charge in [-0.2, -0.15) is 0 Å². The average Bonchev–Trinajstić information content (AvgIpc) is 2.77. The minimum atomic E-state index is -0.451. The molecule has 0 saturated heterocycles. The van der Waals surface area contributed by atoms with E-state index < -0.39 is 6.09 Å². The highest BCUT2D eigenvalue weighted by molar-refractivity contribution is 7.13. The van der Waals surface area contributed by atoms with Gasteiger partial charge < -0.3 is 15.4 Å². The molecule has 94 valence electrons. The lowest BCUT2D eigenvalue weighted by atomic mass is 10.3. The third-order valence-electron chi connectivity index (χ3n) is 1.80. The maximum absolute atomic E-state index is 11.4. The van der Waals surface area contributed by atoms with Crippen LogP contribution in [-0.4, -0.2) is 30.1 Å². The third-order valence-corrected chi connectivity index (χ3v) is 2.49. The second-order valence-electron chi connectivity index (χ2n) is 3.14. The molecule has 7 heteroatoms. The fourth-order valence-corrected chi connectivity index (χ4v) is 1.63. The van der Waals surface area contributed by atoms with Crippen molar-refractivity contribution in [1.29, 1.82) is 0 Å². The molecule has 0 aliphatic carbocycles. The second-order valence-corrected chi connectivity index (χ2v) is 4.03. The second kappa shape index (κ2) is 7.61. The number of nitrogens with zero attached hydrogens (tertiary/aromatic N) is 1. The molecule has 0 aromatic carbocycles. The standard InChI is InChI=1S/C10H15N3O3S/c1-2-16-10(15)12-5-3-4-8(14)13-9-11-6-7-17-9/h6-7H,2-5H2,1H3,(H,12,15)(H,11,13,14). The number of anilines is 1. The monoisotopic (exact) mass is 257 g/mol. The Balaban J connectivity index is 2.06. The van der Waals surface area contributed by atoms with E-state index in [1.54, 1.807) is 18.5 Å². The number of rotatable bonds is 6. The summed E-state index contributed by atoms with van der Waals surface area (Å²) in [6.07, 6.45) is 2.08. The van der Waals surface area contributed by atoms with Crippen LogP contribution in [-0.2, 0) is 9.53 Å². The fourth-order valence-electron chi connectivity index (χ4n) is 1.09. The summed E-state index contributed by atoms with van der Waals surface area (Å²) < 4.78 is 4.68. The van der Waals surface area contributed by atoms with Crippen molar-refractivity contribution in [3.8, 4) is 0 Å². The summed E-state index contributed by atoms with van der Waals surface area (Å²) in [6, 6.07) is 0. The molecule has 1 aromatic heterocycles. The van der Waals surface area contributed by atoms with Crippen LogP contribution in [0.4, 0.5) is 9.93 Å². The minimum Gasteiger partial charge on any atom is -0.450 e. The minimum absolute atomic E-state index is 0.106. The molecule has 0 spiro atoms. The van der Waals surface area contributed by atoms with E-state index in [0.29, 0.717) is 31.1 Å². The molecule has 17 heavy (non-hydrogen) atoms. The van der Waals surface area contributed by atoms with Gasteiger partial charge in [0, 0.05) is 24.5 Å². The number of ether oxygens (including phenoxy) is 1. The van der Waals surface area contributed by atoms with E-state index in [4.69, 9.17) is 0 Å². The topological polar surface area (TPSA) is 80.3 Å². The third kappa shape index (κ3) is 5.86. The number of thiazole rings is 1. The first kappa shape index (κ1) is 13.4. The summed E-state index contributed by atoms with van der Waals surface area (Å²) in [6.45, 7) is 2.50. The molecule has 0 aliphatic heterocycles. The van der Waals surface area contributed by atoms with Gasteiger partial charge in [0.2, 0.25) is 5.91 Å². The van der Waals surface area contributed by atoms with Crippen LogP contribution in [0.5, 0.6) is 0 Å². The van der Waals surface area contributed by atoms with E-state index in [1.165, 1.54) is 11.3 Å². The van der Waals surface area contributed by atoms with Crippen molar-refractivity contribution in [1.82, 2.24) is 10.3 Å². The molecule has 0 bridgehead atoms. The van der Waals surface area contributed by atoms with Gasteiger partial charge in [0.05, 0.1) is 6.61 Å². The summed E-state index contributed by atoms with van der Waals surface area (Å²) in [4.78, 5) is 26.2. The lowest BCUT2D eigenvalue weighted by Crippen LogP contribution is -2.26. The van der Waals surface area contributed by atoms with Crippen molar-refractivity contribution < 1.29 is 14.3 Å². The van der Waals surface area contributed by atoms with E-state index in [1.807, 2.05) is 0 Å². The van der Waals surface area contributed by atoms with Crippen molar-refractivity contribution in [3.63, 3.8) is 0 Å². The Bertz CT molecular complexity index is 354. The molecule has 1 aromatic rings.